The third-order valence-corrected chi connectivity index (χ3v) is 6.05. The van der Waals surface area contributed by atoms with Gasteiger partial charge >= 0.3 is 0 Å². The minimum absolute atomic E-state index is 0.0677. The molecule has 2 amide bonds. The average molecular weight is 405 g/mol. The summed E-state index contributed by atoms with van der Waals surface area (Å²) in [7, 11) is 2.11. The molecule has 1 saturated carbocycles. The van der Waals surface area contributed by atoms with Crippen LogP contribution in [0.15, 0.2) is 48.5 Å². The summed E-state index contributed by atoms with van der Waals surface area (Å²) in [6.07, 6.45) is 4.39. The lowest BCUT2D eigenvalue weighted by atomic mass is 9.81. The van der Waals surface area contributed by atoms with Crippen molar-refractivity contribution in [3.05, 3.63) is 59.9 Å². The number of para-hydroxylation sites is 2. The van der Waals surface area contributed by atoms with Crippen molar-refractivity contribution in [1.29, 1.82) is 0 Å². The number of carbonyl (C=O) groups is 2. The number of benzene rings is 2. The number of aromatic nitrogens is 2. The zero-order chi connectivity index (χ0) is 21.1. The summed E-state index contributed by atoms with van der Waals surface area (Å²) in [5, 5.41) is 5.78. The summed E-state index contributed by atoms with van der Waals surface area (Å²) < 4.78 is 2.23. The quantitative estimate of drug-likeness (QED) is 0.668. The van der Waals surface area contributed by atoms with Crippen LogP contribution in [0.1, 0.15) is 54.7 Å². The van der Waals surface area contributed by atoms with Gasteiger partial charge in [0, 0.05) is 37.7 Å². The largest absolute Gasteiger partial charge is 0.352 e. The third-order valence-electron chi connectivity index (χ3n) is 6.05. The minimum atomic E-state index is -0.124. The molecule has 0 spiro atoms. The second kappa shape index (κ2) is 8.69. The molecular formula is C24H28N4O2. The predicted octanol–water partition coefficient (Wildman–Crippen LogP) is 4.24. The predicted molar refractivity (Wildman–Crippen MR) is 118 cm³/mol. The molecule has 1 aliphatic carbocycles. The molecule has 3 aromatic rings. The summed E-state index contributed by atoms with van der Waals surface area (Å²) in [5.74, 6) is 1.97. The highest BCUT2D eigenvalue weighted by atomic mass is 16.2. The van der Waals surface area contributed by atoms with Crippen LogP contribution in [0.2, 0.25) is 0 Å². The molecule has 0 radical (unpaired) electrons. The number of hydrogen-bond acceptors (Lipinski definition) is 3. The van der Waals surface area contributed by atoms with Gasteiger partial charge in [-0.1, -0.05) is 12.1 Å². The van der Waals surface area contributed by atoms with Crippen molar-refractivity contribution in [3.63, 3.8) is 0 Å². The van der Waals surface area contributed by atoms with E-state index >= 15 is 0 Å². The Balaban J connectivity index is 1.29. The fraction of sp³-hybridized carbons (Fsp3) is 0.375. The Morgan fingerprint density at radius 2 is 1.73 bits per heavy atom. The van der Waals surface area contributed by atoms with Crippen LogP contribution in [0.25, 0.3) is 11.0 Å². The van der Waals surface area contributed by atoms with E-state index in [2.05, 4.69) is 40.4 Å². The molecule has 0 aliphatic heterocycles. The topological polar surface area (TPSA) is 76.0 Å². The van der Waals surface area contributed by atoms with E-state index in [1.54, 1.807) is 24.3 Å². The summed E-state index contributed by atoms with van der Waals surface area (Å²) in [6, 6.07) is 15.3. The fourth-order valence-electron chi connectivity index (χ4n) is 4.40. The van der Waals surface area contributed by atoms with Crippen molar-refractivity contribution in [3.8, 4) is 0 Å². The molecule has 30 heavy (non-hydrogen) atoms. The van der Waals surface area contributed by atoms with E-state index in [1.807, 2.05) is 6.07 Å². The monoisotopic (exact) mass is 404 g/mol. The van der Waals surface area contributed by atoms with Gasteiger partial charge in [0.2, 0.25) is 5.91 Å². The smallest absolute Gasteiger partial charge is 0.251 e. The normalized spacial score (nSPS) is 18.9. The summed E-state index contributed by atoms with van der Waals surface area (Å²) in [5.41, 5.74) is 3.55. The molecule has 0 atom stereocenters. The van der Waals surface area contributed by atoms with Gasteiger partial charge in [0.05, 0.1) is 11.0 Å². The number of hydrogen-bond donors (Lipinski definition) is 2. The zero-order valence-electron chi connectivity index (χ0n) is 17.5. The Labute approximate surface area is 176 Å². The first-order valence-electron chi connectivity index (χ1n) is 10.6. The van der Waals surface area contributed by atoms with Crippen LogP contribution in [0.5, 0.6) is 0 Å². The van der Waals surface area contributed by atoms with Crippen molar-refractivity contribution in [2.45, 2.75) is 38.5 Å². The average Bonchev–Trinajstić information content (AvgIpc) is 3.09. The maximum absolute atomic E-state index is 12.4. The van der Waals surface area contributed by atoms with E-state index in [9.17, 15) is 9.59 Å². The second-order valence-corrected chi connectivity index (χ2v) is 8.20. The second-order valence-electron chi connectivity index (χ2n) is 8.20. The highest BCUT2D eigenvalue weighted by Crippen LogP contribution is 2.36. The molecule has 0 unspecified atom stereocenters. The fourth-order valence-corrected chi connectivity index (χ4v) is 4.40. The van der Waals surface area contributed by atoms with Crippen LogP contribution < -0.4 is 10.6 Å². The highest BCUT2D eigenvalue weighted by Gasteiger charge is 2.26. The third kappa shape index (κ3) is 4.37. The zero-order valence-corrected chi connectivity index (χ0v) is 17.5. The van der Waals surface area contributed by atoms with Crippen molar-refractivity contribution in [2.24, 2.45) is 13.0 Å². The van der Waals surface area contributed by atoms with Crippen LogP contribution >= 0.6 is 0 Å². The Morgan fingerprint density at radius 3 is 2.40 bits per heavy atom. The van der Waals surface area contributed by atoms with Crippen LogP contribution in [0, 0.1) is 5.92 Å². The molecule has 1 heterocycles. The first-order chi connectivity index (χ1) is 14.5. The SMILES string of the molecule is CC(=O)Nc1ccc(C(=O)NCC2CCC(c3nc4ccccc4n3C)CC2)cc1. The van der Waals surface area contributed by atoms with Gasteiger partial charge in [0.15, 0.2) is 0 Å². The van der Waals surface area contributed by atoms with E-state index in [4.69, 9.17) is 4.98 Å². The van der Waals surface area contributed by atoms with Gasteiger partial charge in [0.25, 0.3) is 5.91 Å². The van der Waals surface area contributed by atoms with Gasteiger partial charge in [-0.2, -0.15) is 0 Å². The molecule has 156 valence electrons. The van der Waals surface area contributed by atoms with Crippen LogP contribution in [0.3, 0.4) is 0 Å². The standard InChI is InChI=1S/C24H28N4O2/c1-16(29)26-20-13-11-19(12-14-20)24(30)25-15-17-7-9-18(10-8-17)23-27-21-5-3-4-6-22(21)28(23)2/h3-6,11-14,17-18H,7-10,15H2,1-2H3,(H,25,30)(H,26,29). The number of rotatable bonds is 5. The van der Waals surface area contributed by atoms with E-state index in [-0.39, 0.29) is 11.8 Å². The van der Waals surface area contributed by atoms with Gasteiger partial charge in [0.1, 0.15) is 5.82 Å². The molecule has 2 N–H and O–H groups in total. The van der Waals surface area contributed by atoms with Crippen molar-refractivity contribution in [2.75, 3.05) is 11.9 Å². The molecule has 0 bridgehead atoms. The minimum Gasteiger partial charge on any atom is -0.352 e. The lowest BCUT2D eigenvalue weighted by molar-refractivity contribution is -0.114. The van der Waals surface area contributed by atoms with E-state index < -0.39 is 0 Å². The number of anilines is 1. The van der Waals surface area contributed by atoms with Gasteiger partial charge in [-0.25, -0.2) is 4.98 Å². The van der Waals surface area contributed by atoms with Crippen molar-refractivity contribution < 1.29 is 9.59 Å². The summed E-state index contributed by atoms with van der Waals surface area (Å²) in [6.45, 7) is 2.16. The highest BCUT2D eigenvalue weighted by molar-refractivity contribution is 5.95. The molecule has 1 fully saturated rings. The Hall–Kier alpha value is -3.15. The molecule has 0 saturated heterocycles. The number of amides is 2. The molecule has 2 aromatic carbocycles. The van der Waals surface area contributed by atoms with Gasteiger partial charge < -0.3 is 15.2 Å². The number of nitrogens with one attached hydrogen (secondary N) is 2. The number of carbonyl (C=O) groups excluding carboxylic acids is 2. The van der Waals surface area contributed by atoms with Crippen molar-refractivity contribution in [1.82, 2.24) is 14.9 Å². The van der Waals surface area contributed by atoms with Crippen LogP contribution in [0.4, 0.5) is 5.69 Å². The molecule has 1 aromatic heterocycles. The first-order valence-corrected chi connectivity index (χ1v) is 10.6. The van der Waals surface area contributed by atoms with E-state index in [0.29, 0.717) is 29.6 Å². The lowest BCUT2D eigenvalue weighted by Gasteiger charge is -2.28. The maximum Gasteiger partial charge on any atom is 0.251 e. The Bertz CT molecular complexity index is 1050. The maximum atomic E-state index is 12.4. The number of nitrogens with zero attached hydrogens (tertiary/aromatic N) is 2. The summed E-state index contributed by atoms with van der Waals surface area (Å²) in [4.78, 5) is 28.4. The van der Waals surface area contributed by atoms with Crippen molar-refractivity contribution >= 4 is 28.5 Å². The van der Waals surface area contributed by atoms with Gasteiger partial charge in [-0.15, -0.1) is 0 Å². The summed E-state index contributed by atoms with van der Waals surface area (Å²) >= 11 is 0. The first kappa shape index (κ1) is 20.1. The lowest BCUT2D eigenvalue weighted by Crippen LogP contribution is -2.31. The number of aryl methyl sites for hydroxylation is 1. The Kier molecular flexibility index (Phi) is 5.84. The van der Waals surface area contributed by atoms with Gasteiger partial charge in [-0.05, 0) is 68.0 Å². The van der Waals surface area contributed by atoms with Gasteiger partial charge in [-0.3, -0.25) is 9.59 Å². The van der Waals surface area contributed by atoms with E-state index in [0.717, 1.165) is 31.2 Å². The molecular weight excluding hydrogens is 376 g/mol. The number of fused-ring (bicyclic) bond motifs is 1. The molecule has 1 aliphatic rings. The number of imidazole rings is 1. The molecule has 6 heteroatoms. The Morgan fingerprint density at radius 1 is 1.03 bits per heavy atom. The van der Waals surface area contributed by atoms with Crippen LogP contribution in [-0.2, 0) is 11.8 Å². The molecule has 4 rings (SSSR count). The molecule has 6 nitrogen and oxygen atoms in total. The van der Waals surface area contributed by atoms with Crippen LogP contribution in [-0.4, -0.2) is 27.9 Å². The van der Waals surface area contributed by atoms with E-state index in [1.165, 1.54) is 18.3 Å².